The van der Waals surface area contributed by atoms with E-state index >= 15 is 0 Å². The van der Waals surface area contributed by atoms with Gasteiger partial charge in [-0.15, -0.1) is 0 Å². The molecule has 21 heavy (non-hydrogen) atoms. The Morgan fingerprint density at radius 1 is 1.33 bits per heavy atom. The zero-order chi connectivity index (χ0) is 15.6. The van der Waals surface area contributed by atoms with Crippen LogP contribution in [0, 0.1) is 0 Å². The summed E-state index contributed by atoms with van der Waals surface area (Å²) >= 11 is 0. The first-order valence-corrected chi connectivity index (χ1v) is 6.66. The number of carbonyl (C=O) groups excluding carboxylic acids is 2. The van der Waals surface area contributed by atoms with Crippen molar-refractivity contribution >= 4 is 17.6 Å². The molecule has 0 spiro atoms. The van der Waals surface area contributed by atoms with Gasteiger partial charge in [-0.05, 0) is 39.0 Å². The lowest BCUT2D eigenvalue weighted by atomic mass is 10.1. The lowest BCUT2D eigenvalue weighted by Gasteiger charge is -2.29. The number of hydrogen-bond acceptors (Lipinski definition) is 6. The maximum Gasteiger partial charge on any atom is 0.349 e. The molecule has 2 rings (SSSR count). The average molecular weight is 293 g/mol. The third-order valence-electron chi connectivity index (χ3n) is 2.82. The molecule has 0 saturated heterocycles. The molecule has 1 aliphatic heterocycles. The molecule has 1 atom stereocenters. The van der Waals surface area contributed by atoms with Gasteiger partial charge >= 0.3 is 11.9 Å². The number of benzene rings is 1. The van der Waals surface area contributed by atoms with Crippen molar-refractivity contribution < 1.29 is 23.8 Å². The predicted octanol–water partition coefficient (Wildman–Crippen LogP) is 1.99. The number of anilines is 1. The Morgan fingerprint density at radius 3 is 2.67 bits per heavy atom. The molecule has 0 aromatic heterocycles. The first-order chi connectivity index (χ1) is 9.80. The van der Waals surface area contributed by atoms with Gasteiger partial charge in [0, 0.05) is 0 Å². The van der Waals surface area contributed by atoms with Gasteiger partial charge in [0.2, 0.25) is 6.10 Å². The number of methoxy groups -OCH3 is 1. The van der Waals surface area contributed by atoms with Gasteiger partial charge in [0.25, 0.3) is 0 Å². The van der Waals surface area contributed by atoms with Crippen LogP contribution in [0.25, 0.3) is 0 Å². The van der Waals surface area contributed by atoms with Crippen molar-refractivity contribution in [3.63, 3.8) is 0 Å². The first kappa shape index (κ1) is 15.2. The van der Waals surface area contributed by atoms with Crippen LogP contribution in [0.15, 0.2) is 18.2 Å². The van der Waals surface area contributed by atoms with E-state index in [9.17, 15) is 9.59 Å². The second-order valence-electron chi connectivity index (χ2n) is 5.72. The number of nitrogens with one attached hydrogen (secondary N) is 1. The number of esters is 2. The maximum absolute atomic E-state index is 12.0. The molecule has 1 unspecified atom stereocenters. The van der Waals surface area contributed by atoms with E-state index in [1.807, 2.05) is 0 Å². The van der Waals surface area contributed by atoms with Gasteiger partial charge in [-0.25, -0.2) is 9.59 Å². The van der Waals surface area contributed by atoms with Gasteiger partial charge in [-0.2, -0.15) is 0 Å². The van der Waals surface area contributed by atoms with Gasteiger partial charge in [-0.3, -0.25) is 0 Å². The number of hydrogen-bond donors (Lipinski definition) is 1. The fourth-order valence-electron chi connectivity index (χ4n) is 1.91. The van der Waals surface area contributed by atoms with Gasteiger partial charge in [0.1, 0.15) is 11.4 Å². The zero-order valence-electron chi connectivity index (χ0n) is 12.6. The molecule has 6 nitrogen and oxygen atoms in total. The predicted molar refractivity (Wildman–Crippen MR) is 76.5 cm³/mol. The SMILES string of the molecule is COC(=O)c1ccc2c(c1)NCC(C(=O)OC(C)(C)C)O2. The smallest absolute Gasteiger partial charge is 0.349 e. The quantitative estimate of drug-likeness (QED) is 0.841. The second-order valence-corrected chi connectivity index (χ2v) is 5.72. The lowest BCUT2D eigenvalue weighted by Crippen LogP contribution is -2.41. The molecule has 1 aromatic carbocycles. The highest BCUT2D eigenvalue weighted by Crippen LogP contribution is 2.30. The molecule has 6 heteroatoms. The number of rotatable bonds is 2. The Labute approximate surface area is 123 Å². The molecule has 0 bridgehead atoms. The Hall–Kier alpha value is -2.24. The summed E-state index contributed by atoms with van der Waals surface area (Å²) in [5, 5.41) is 3.07. The highest BCUT2D eigenvalue weighted by Gasteiger charge is 2.30. The van der Waals surface area contributed by atoms with Crippen molar-refractivity contribution in [3.05, 3.63) is 23.8 Å². The minimum absolute atomic E-state index is 0.284. The largest absolute Gasteiger partial charge is 0.475 e. The Bertz CT molecular complexity index is 562. The fourth-order valence-corrected chi connectivity index (χ4v) is 1.91. The molecule has 0 aliphatic carbocycles. The topological polar surface area (TPSA) is 73.9 Å². The van der Waals surface area contributed by atoms with E-state index < -0.39 is 23.6 Å². The van der Waals surface area contributed by atoms with Crippen LogP contribution in [-0.4, -0.2) is 37.3 Å². The van der Waals surface area contributed by atoms with E-state index in [4.69, 9.17) is 9.47 Å². The molecule has 114 valence electrons. The molecule has 1 aromatic rings. The molecule has 0 amide bonds. The molecular weight excluding hydrogens is 274 g/mol. The Kier molecular flexibility index (Phi) is 4.06. The van der Waals surface area contributed by atoms with Crippen molar-refractivity contribution in [2.75, 3.05) is 19.0 Å². The van der Waals surface area contributed by atoms with E-state index in [0.717, 1.165) is 0 Å². The Balaban J connectivity index is 2.11. The van der Waals surface area contributed by atoms with E-state index in [0.29, 0.717) is 17.0 Å². The van der Waals surface area contributed by atoms with Crippen molar-refractivity contribution in [2.45, 2.75) is 32.5 Å². The summed E-state index contributed by atoms with van der Waals surface area (Å²) in [6.45, 7) is 5.69. The van der Waals surface area contributed by atoms with Crippen molar-refractivity contribution in [1.82, 2.24) is 0 Å². The summed E-state index contributed by atoms with van der Waals surface area (Å²) in [6.07, 6.45) is -0.708. The zero-order valence-corrected chi connectivity index (χ0v) is 12.6. The monoisotopic (exact) mass is 293 g/mol. The van der Waals surface area contributed by atoms with Crippen molar-refractivity contribution in [3.8, 4) is 5.75 Å². The van der Waals surface area contributed by atoms with Crippen LogP contribution in [0.2, 0.25) is 0 Å². The van der Waals surface area contributed by atoms with E-state index in [2.05, 4.69) is 10.1 Å². The number of fused-ring (bicyclic) bond motifs is 1. The van der Waals surface area contributed by atoms with Crippen LogP contribution >= 0.6 is 0 Å². The van der Waals surface area contributed by atoms with Crippen molar-refractivity contribution in [2.24, 2.45) is 0 Å². The lowest BCUT2D eigenvalue weighted by molar-refractivity contribution is -0.162. The van der Waals surface area contributed by atoms with Gasteiger partial charge in [0.15, 0.2) is 0 Å². The molecule has 1 heterocycles. The van der Waals surface area contributed by atoms with Crippen LogP contribution in [0.4, 0.5) is 5.69 Å². The van der Waals surface area contributed by atoms with Gasteiger partial charge in [-0.1, -0.05) is 0 Å². The van der Waals surface area contributed by atoms with Crippen molar-refractivity contribution in [1.29, 1.82) is 0 Å². The van der Waals surface area contributed by atoms with Gasteiger partial charge in [0.05, 0.1) is 24.9 Å². The minimum Gasteiger partial charge on any atom is -0.475 e. The minimum atomic E-state index is -0.708. The Morgan fingerprint density at radius 2 is 2.05 bits per heavy atom. The molecule has 0 saturated carbocycles. The summed E-state index contributed by atoms with van der Waals surface area (Å²) in [4.78, 5) is 23.4. The standard InChI is InChI=1S/C15H19NO5/c1-15(2,3)21-14(18)12-8-16-10-7-9(13(17)19-4)5-6-11(10)20-12/h5-7,12,16H,8H2,1-4H3. The van der Waals surface area contributed by atoms with Crippen LogP contribution in [0.5, 0.6) is 5.75 Å². The number of carbonyl (C=O) groups is 2. The van der Waals surface area contributed by atoms with E-state index in [-0.39, 0.29) is 6.54 Å². The molecule has 0 radical (unpaired) electrons. The second kappa shape index (κ2) is 5.63. The highest BCUT2D eigenvalue weighted by molar-refractivity contribution is 5.91. The van der Waals surface area contributed by atoms with E-state index in [1.165, 1.54) is 7.11 Å². The summed E-state index contributed by atoms with van der Waals surface area (Å²) in [7, 11) is 1.32. The first-order valence-electron chi connectivity index (χ1n) is 6.66. The van der Waals surface area contributed by atoms with E-state index in [1.54, 1.807) is 39.0 Å². The molecule has 1 N–H and O–H groups in total. The maximum atomic E-state index is 12.0. The van der Waals surface area contributed by atoms with Crippen LogP contribution in [0.3, 0.4) is 0 Å². The third-order valence-corrected chi connectivity index (χ3v) is 2.82. The molecule has 0 fully saturated rings. The average Bonchev–Trinajstić information content (AvgIpc) is 2.43. The van der Waals surface area contributed by atoms with Crippen LogP contribution < -0.4 is 10.1 Å². The van der Waals surface area contributed by atoms with Crippen LogP contribution in [0.1, 0.15) is 31.1 Å². The molecular formula is C15H19NO5. The summed E-state index contributed by atoms with van der Waals surface area (Å²) < 4.78 is 15.6. The number of ether oxygens (including phenoxy) is 3. The summed E-state index contributed by atoms with van der Waals surface area (Å²) in [5.41, 5.74) is 0.510. The molecule has 1 aliphatic rings. The summed E-state index contributed by atoms with van der Waals surface area (Å²) in [5.74, 6) is -0.337. The highest BCUT2D eigenvalue weighted by atomic mass is 16.6. The fraction of sp³-hybridized carbons (Fsp3) is 0.467. The van der Waals surface area contributed by atoms with Crippen LogP contribution in [-0.2, 0) is 14.3 Å². The summed E-state index contributed by atoms with van der Waals surface area (Å²) in [6, 6.07) is 4.85. The third kappa shape index (κ3) is 3.65. The normalized spacial score (nSPS) is 17.0. The van der Waals surface area contributed by atoms with Gasteiger partial charge < -0.3 is 19.5 Å².